The molecule has 7 nitrogen and oxygen atoms in total. The molecule has 8 heteroatoms. The predicted octanol–water partition coefficient (Wildman–Crippen LogP) is 0.464. The van der Waals surface area contributed by atoms with Crippen LogP contribution in [0.3, 0.4) is 0 Å². The summed E-state index contributed by atoms with van der Waals surface area (Å²) in [6, 6.07) is -0.496. The summed E-state index contributed by atoms with van der Waals surface area (Å²) >= 11 is 1.59. The molecule has 2 N–H and O–H groups in total. The van der Waals surface area contributed by atoms with Crippen molar-refractivity contribution in [2.75, 3.05) is 6.61 Å². The molecule has 4 heterocycles. The number of imidazole rings is 1. The van der Waals surface area contributed by atoms with Gasteiger partial charge in [0.15, 0.2) is 6.29 Å². The fraction of sp³-hybridized carbons (Fsp3) is 0.571. The highest BCUT2D eigenvalue weighted by molar-refractivity contribution is 7.09. The summed E-state index contributed by atoms with van der Waals surface area (Å²) in [5, 5.41) is 17.1. The summed E-state index contributed by atoms with van der Waals surface area (Å²) in [5.41, 5.74) is 0. The fourth-order valence-corrected chi connectivity index (χ4v) is 3.76. The van der Waals surface area contributed by atoms with Crippen LogP contribution in [-0.2, 0) is 16.0 Å². The molecule has 5 atom stereocenters. The summed E-state index contributed by atoms with van der Waals surface area (Å²) in [6.07, 6.45) is 4.18. The van der Waals surface area contributed by atoms with Crippen LogP contribution in [0.4, 0.5) is 0 Å². The van der Waals surface area contributed by atoms with Crippen molar-refractivity contribution in [3.8, 4) is 0 Å². The Kier molecular flexibility index (Phi) is 3.71. The zero-order valence-electron chi connectivity index (χ0n) is 12.1. The van der Waals surface area contributed by atoms with Crippen molar-refractivity contribution in [2.24, 2.45) is 0 Å². The van der Waals surface area contributed by atoms with Gasteiger partial charge in [-0.3, -0.25) is 0 Å². The van der Waals surface area contributed by atoms with Crippen molar-refractivity contribution < 1.29 is 14.6 Å². The van der Waals surface area contributed by atoms with Crippen molar-refractivity contribution in [3.63, 3.8) is 0 Å². The lowest BCUT2D eigenvalue weighted by molar-refractivity contribution is -0.165. The van der Waals surface area contributed by atoms with Gasteiger partial charge in [-0.15, -0.1) is 11.3 Å². The maximum Gasteiger partial charge on any atom is 0.181 e. The van der Waals surface area contributed by atoms with E-state index >= 15 is 0 Å². The number of nitrogens with zero attached hydrogens (tertiary/aromatic N) is 3. The fourth-order valence-electron chi connectivity index (χ4n) is 3.20. The predicted molar refractivity (Wildman–Crippen MR) is 79.4 cm³/mol. The molecule has 2 saturated heterocycles. The monoisotopic (exact) mass is 322 g/mol. The van der Waals surface area contributed by atoms with Gasteiger partial charge in [-0.2, -0.15) is 0 Å². The van der Waals surface area contributed by atoms with Crippen LogP contribution in [0.2, 0.25) is 0 Å². The van der Waals surface area contributed by atoms with E-state index in [1.807, 2.05) is 23.1 Å². The minimum absolute atomic E-state index is 0.139. The Morgan fingerprint density at radius 2 is 2.36 bits per heavy atom. The zero-order chi connectivity index (χ0) is 15.1. The molecule has 2 aromatic heterocycles. The van der Waals surface area contributed by atoms with E-state index < -0.39 is 12.4 Å². The molecular formula is C14H18N4O3S. The highest BCUT2D eigenvalue weighted by Crippen LogP contribution is 2.36. The van der Waals surface area contributed by atoms with Gasteiger partial charge in [0.2, 0.25) is 0 Å². The van der Waals surface area contributed by atoms with Crippen molar-refractivity contribution in [2.45, 2.75) is 44.1 Å². The van der Waals surface area contributed by atoms with Crippen LogP contribution in [0.15, 0.2) is 24.0 Å². The molecule has 0 aromatic carbocycles. The first-order valence-electron chi connectivity index (χ1n) is 7.30. The molecule has 2 aromatic rings. The van der Waals surface area contributed by atoms with Crippen LogP contribution in [0, 0.1) is 6.92 Å². The molecule has 2 bridgehead atoms. The number of aliphatic hydroxyl groups excluding tert-OH is 1. The second kappa shape index (κ2) is 5.71. The minimum atomic E-state index is -0.612. The summed E-state index contributed by atoms with van der Waals surface area (Å²) in [7, 11) is 0. The van der Waals surface area contributed by atoms with Gasteiger partial charge in [-0.05, 0) is 6.92 Å². The average molecular weight is 322 g/mol. The third-order valence-corrected chi connectivity index (χ3v) is 5.07. The molecule has 4 rings (SSSR count). The zero-order valence-corrected chi connectivity index (χ0v) is 12.9. The van der Waals surface area contributed by atoms with E-state index in [-0.39, 0.29) is 18.2 Å². The number of aryl methyl sites for hydroxylation is 1. The quantitative estimate of drug-likeness (QED) is 0.851. The Morgan fingerprint density at radius 1 is 1.45 bits per heavy atom. The summed E-state index contributed by atoms with van der Waals surface area (Å²) in [4.78, 5) is 8.49. The molecule has 0 radical (unpaired) electrons. The molecule has 0 amide bonds. The van der Waals surface area contributed by atoms with E-state index in [4.69, 9.17) is 9.47 Å². The van der Waals surface area contributed by atoms with Gasteiger partial charge >= 0.3 is 0 Å². The molecule has 0 saturated carbocycles. The number of hydrogen-bond acceptors (Lipinski definition) is 7. The molecule has 2 fully saturated rings. The standard InChI is InChI=1S/C14H18N4O3S/c1-8-15-2-4-18(8)12-13(19)11(9-7-20-14(12)21-9)17-6-10-16-3-5-22-10/h2-5,9,11-14,17,19H,6-7H2,1H3/t9-,11-,12-,13+,14-/m1/s1. The summed E-state index contributed by atoms with van der Waals surface area (Å²) in [6.45, 7) is 3.01. The topological polar surface area (TPSA) is 81.4 Å². The van der Waals surface area contributed by atoms with Gasteiger partial charge < -0.3 is 24.5 Å². The maximum absolute atomic E-state index is 10.8. The number of aliphatic hydroxyl groups is 1. The van der Waals surface area contributed by atoms with Gasteiger partial charge in [-0.25, -0.2) is 9.97 Å². The van der Waals surface area contributed by atoms with Crippen LogP contribution in [0.1, 0.15) is 16.9 Å². The number of fused-ring (bicyclic) bond motifs is 2. The molecule has 0 aliphatic carbocycles. The molecule has 22 heavy (non-hydrogen) atoms. The van der Waals surface area contributed by atoms with E-state index in [0.717, 1.165) is 10.8 Å². The van der Waals surface area contributed by atoms with Crippen molar-refractivity contribution in [1.29, 1.82) is 0 Å². The van der Waals surface area contributed by atoms with E-state index in [0.29, 0.717) is 13.2 Å². The minimum Gasteiger partial charge on any atom is -0.389 e. The van der Waals surface area contributed by atoms with Gasteiger partial charge in [-0.1, -0.05) is 0 Å². The number of rotatable bonds is 4. The van der Waals surface area contributed by atoms with E-state index in [2.05, 4.69) is 15.3 Å². The average Bonchev–Trinajstić information content (AvgIpc) is 3.22. The van der Waals surface area contributed by atoms with Crippen LogP contribution in [-0.4, -0.2) is 50.8 Å². The largest absolute Gasteiger partial charge is 0.389 e. The molecular weight excluding hydrogens is 304 g/mol. The Morgan fingerprint density at radius 3 is 3.09 bits per heavy atom. The van der Waals surface area contributed by atoms with Gasteiger partial charge in [0.05, 0.1) is 18.8 Å². The van der Waals surface area contributed by atoms with Crippen LogP contribution in [0.25, 0.3) is 0 Å². The van der Waals surface area contributed by atoms with Crippen LogP contribution < -0.4 is 5.32 Å². The lowest BCUT2D eigenvalue weighted by Gasteiger charge is -2.39. The van der Waals surface area contributed by atoms with Crippen molar-refractivity contribution >= 4 is 11.3 Å². The molecule has 0 unspecified atom stereocenters. The maximum atomic E-state index is 10.8. The first-order chi connectivity index (χ1) is 10.7. The van der Waals surface area contributed by atoms with Gasteiger partial charge in [0.1, 0.15) is 23.0 Å². The number of thiazole rings is 1. The number of hydrogen-bond donors (Lipinski definition) is 2. The highest BCUT2D eigenvalue weighted by atomic mass is 32.1. The second-order valence-corrected chi connectivity index (χ2v) is 6.55. The molecule has 118 valence electrons. The summed E-state index contributed by atoms with van der Waals surface area (Å²) in [5.74, 6) is 0.834. The third kappa shape index (κ3) is 2.37. The third-order valence-electron chi connectivity index (χ3n) is 4.29. The smallest absolute Gasteiger partial charge is 0.181 e. The first kappa shape index (κ1) is 14.3. The number of aromatic nitrogens is 3. The first-order valence-corrected chi connectivity index (χ1v) is 8.18. The van der Waals surface area contributed by atoms with E-state index in [1.165, 1.54) is 0 Å². The summed E-state index contributed by atoms with van der Waals surface area (Å²) < 4.78 is 13.6. The lowest BCUT2D eigenvalue weighted by Crippen LogP contribution is -2.57. The van der Waals surface area contributed by atoms with Crippen molar-refractivity contribution in [1.82, 2.24) is 19.9 Å². The Labute approximate surface area is 131 Å². The molecule has 2 aliphatic rings. The highest BCUT2D eigenvalue weighted by Gasteiger charge is 2.50. The molecule has 2 aliphatic heterocycles. The number of ether oxygens (including phenoxy) is 2. The number of nitrogens with one attached hydrogen (secondary N) is 1. The van der Waals surface area contributed by atoms with E-state index in [1.54, 1.807) is 23.7 Å². The van der Waals surface area contributed by atoms with Gasteiger partial charge in [0, 0.05) is 30.5 Å². The van der Waals surface area contributed by atoms with Crippen molar-refractivity contribution in [3.05, 3.63) is 34.8 Å². The Hall–Kier alpha value is -1.32. The normalized spacial score (nSPS) is 34.2. The second-order valence-electron chi connectivity index (χ2n) is 5.57. The SMILES string of the molecule is Cc1nccn1[C@H]1[C@@H]2OC[C@@H](O2)[C@@H](NCc2nccs2)[C@@H]1O. The Bertz CT molecular complexity index is 632. The Balaban J connectivity index is 1.55. The van der Waals surface area contributed by atoms with E-state index in [9.17, 15) is 5.11 Å². The van der Waals surface area contributed by atoms with Crippen LogP contribution in [0.5, 0.6) is 0 Å². The lowest BCUT2D eigenvalue weighted by atomic mass is 9.95. The van der Waals surface area contributed by atoms with Gasteiger partial charge in [0.25, 0.3) is 0 Å². The van der Waals surface area contributed by atoms with Crippen LogP contribution >= 0.6 is 11.3 Å². The molecule has 0 spiro atoms.